The summed E-state index contributed by atoms with van der Waals surface area (Å²) in [6.07, 6.45) is 1.70. The second kappa shape index (κ2) is 9.47. The van der Waals surface area contributed by atoms with E-state index in [1.165, 1.54) is 5.56 Å². The zero-order valence-electron chi connectivity index (χ0n) is 17.6. The fraction of sp³-hybridized carbons (Fsp3) is 0.435. The molecule has 2 unspecified atom stereocenters. The van der Waals surface area contributed by atoms with Gasteiger partial charge in [0.2, 0.25) is 5.91 Å². The van der Waals surface area contributed by atoms with Crippen molar-refractivity contribution in [3.63, 3.8) is 0 Å². The first-order valence-electron chi connectivity index (χ1n) is 10.5. The van der Waals surface area contributed by atoms with Gasteiger partial charge in [0.25, 0.3) is 0 Å². The van der Waals surface area contributed by atoms with E-state index in [9.17, 15) is 4.79 Å². The zero-order chi connectivity index (χ0) is 20.9. The number of nitrogens with one attached hydrogen (secondary N) is 2. The second-order valence-electron chi connectivity index (χ2n) is 7.81. The minimum absolute atomic E-state index is 0.188. The number of piperazine rings is 1. The molecule has 2 aromatic rings. The normalized spacial score (nSPS) is 22.1. The van der Waals surface area contributed by atoms with Gasteiger partial charge in [0.05, 0.1) is 26.8 Å². The van der Waals surface area contributed by atoms with E-state index >= 15 is 0 Å². The summed E-state index contributed by atoms with van der Waals surface area (Å²) >= 11 is 0. The highest BCUT2D eigenvalue weighted by Crippen LogP contribution is 2.26. The zero-order valence-corrected chi connectivity index (χ0v) is 17.6. The monoisotopic (exact) mass is 410 g/mol. The molecule has 0 aromatic heterocycles. The van der Waals surface area contributed by atoms with Gasteiger partial charge in [-0.15, -0.1) is 0 Å². The Balaban J connectivity index is 1.25. The van der Waals surface area contributed by atoms with E-state index in [1.807, 2.05) is 41.3 Å². The van der Waals surface area contributed by atoms with Crippen LogP contribution in [0, 0.1) is 0 Å². The van der Waals surface area contributed by atoms with Crippen LogP contribution in [0.4, 0.5) is 0 Å². The number of ether oxygens (including phenoxy) is 2. The lowest BCUT2D eigenvalue weighted by Gasteiger charge is -2.37. The van der Waals surface area contributed by atoms with Crippen LogP contribution in [0.5, 0.6) is 11.5 Å². The maximum absolute atomic E-state index is 12.7. The molecule has 7 heteroatoms. The summed E-state index contributed by atoms with van der Waals surface area (Å²) in [7, 11) is 3.33. The van der Waals surface area contributed by atoms with Crippen LogP contribution in [0.3, 0.4) is 0 Å². The van der Waals surface area contributed by atoms with Crippen LogP contribution in [0.15, 0.2) is 48.5 Å². The predicted octanol–water partition coefficient (Wildman–Crippen LogP) is 1.96. The van der Waals surface area contributed by atoms with Crippen molar-refractivity contribution in [1.82, 2.24) is 20.7 Å². The molecular formula is C23H30N4O3. The standard InChI is InChI=1S/C23H30N4O3/c1-29-19-7-3-17(4-8-19)15-23(28)27-13-11-26(12-14-27)22-16-21(24-25-22)18-5-9-20(30-2)10-6-18/h3-10,21-22,24-25H,11-16H2,1-2H3. The molecular weight excluding hydrogens is 380 g/mol. The second-order valence-corrected chi connectivity index (χ2v) is 7.81. The number of nitrogens with zero attached hydrogens (tertiary/aromatic N) is 2. The average molecular weight is 411 g/mol. The number of carbonyl (C=O) groups excluding carboxylic acids is 1. The number of hydrogen-bond acceptors (Lipinski definition) is 6. The Hall–Kier alpha value is -2.61. The third kappa shape index (κ3) is 4.75. The molecule has 2 atom stereocenters. The summed E-state index contributed by atoms with van der Waals surface area (Å²) < 4.78 is 10.4. The number of hydrazine groups is 1. The van der Waals surface area contributed by atoms with Gasteiger partial charge in [-0.05, 0) is 41.8 Å². The van der Waals surface area contributed by atoms with Crippen molar-refractivity contribution in [2.24, 2.45) is 0 Å². The van der Waals surface area contributed by atoms with Crippen molar-refractivity contribution in [2.45, 2.75) is 25.0 Å². The number of methoxy groups -OCH3 is 2. The van der Waals surface area contributed by atoms with E-state index in [0.717, 1.165) is 49.7 Å². The molecule has 7 nitrogen and oxygen atoms in total. The molecule has 2 aliphatic rings. The van der Waals surface area contributed by atoms with Crippen LogP contribution < -0.4 is 20.3 Å². The molecule has 0 aliphatic carbocycles. The molecule has 2 saturated heterocycles. The van der Waals surface area contributed by atoms with Gasteiger partial charge in [0, 0.05) is 32.2 Å². The van der Waals surface area contributed by atoms with E-state index < -0.39 is 0 Å². The maximum Gasteiger partial charge on any atom is 0.227 e. The molecule has 2 N–H and O–H groups in total. The number of benzene rings is 2. The van der Waals surface area contributed by atoms with Gasteiger partial charge in [-0.2, -0.15) is 0 Å². The summed E-state index contributed by atoms with van der Waals surface area (Å²) in [5.41, 5.74) is 9.11. The Labute approximate surface area is 177 Å². The number of hydrogen-bond donors (Lipinski definition) is 2. The lowest BCUT2D eigenvalue weighted by Crippen LogP contribution is -2.55. The average Bonchev–Trinajstić information content (AvgIpc) is 3.30. The van der Waals surface area contributed by atoms with E-state index in [0.29, 0.717) is 6.42 Å². The predicted molar refractivity (Wildman–Crippen MR) is 115 cm³/mol. The van der Waals surface area contributed by atoms with Gasteiger partial charge in [0.15, 0.2) is 0 Å². The SMILES string of the molecule is COc1ccc(CC(=O)N2CCN(C3CC(c4ccc(OC)cc4)NN3)CC2)cc1. The van der Waals surface area contributed by atoms with Crippen molar-refractivity contribution < 1.29 is 14.3 Å². The van der Waals surface area contributed by atoms with Gasteiger partial charge in [-0.1, -0.05) is 24.3 Å². The van der Waals surface area contributed by atoms with E-state index in [2.05, 4.69) is 27.9 Å². The Morgan fingerprint density at radius 1 is 0.900 bits per heavy atom. The van der Waals surface area contributed by atoms with Gasteiger partial charge in [0.1, 0.15) is 11.5 Å². The van der Waals surface area contributed by atoms with E-state index in [-0.39, 0.29) is 18.1 Å². The minimum atomic E-state index is 0.188. The van der Waals surface area contributed by atoms with Crippen molar-refractivity contribution in [1.29, 1.82) is 0 Å². The summed E-state index contributed by atoms with van der Waals surface area (Å²) in [6.45, 7) is 3.28. The van der Waals surface area contributed by atoms with Crippen molar-refractivity contribution in [2.75, 3.05) is 40.4 Å². The highest BCUT2D eigenvalue weighted by atomic mass is 16.5. The Morgan fingerprint density at radius 3 is 2.10 bits per heavy atom. The van der Waals surface area contributed by atoms with Crippen LogP contribution in [0.1, 0.15) is 23.6 Å². The highest BCUT2D eigenvalue weighted by Gasteiger charge is 2.32. The van der Waals surface area contributed by atoms with Crippen LogP contribution in [-0.4, -0.2) is 62.3 Å². The molecule has 0 radical (unpaired) electrons. The van der Waals surface area contributed by atoms with Crippen molar-refractivity contribution in [3.05, 3.63) is 59.7 Å². The van der Waals surface area contributed by atoms with Crippen molar-refractivity contribution in [3.8, 4) is 11.5 Å². The molecule has 160 valence electrons. The van der Waals surface area contributed by atoms with E-state index in [4.69, 9.17) is 9.47 Å². The maximum atomic E-state index is 12.7. The lowest BCUT2D eigenvalue weighted by atomic mass is 10.0. The van der Waals surface area contributed by atoms with Gasteiger partial charge >= 0.3 is 0 Å². The smallest absolute Gasteiger partial charge is 0.227 e. The van der Waals surface area contributed by atoms with E-state index in [1.54, 1.807) is 14.2 Å². The van der Waals surface area contributed by atoms with Gasteiger partial charge in [-0.3, -0.25) is 9.69 Å². The lowest BCUT2D eigenvalue weighted by molar-refractivity contribution is -0.132. The number of amides is 1. The fourth-order valence-electron chi connectivity index (χ4n) is 4.15. The Morgan fingerprint density at radius 2 is 1.50 bits per heavy atom. The van der Waals surface area contributed by atoms with Crippen molar-refractivity contribution >= 4 is 5.91 Å². The molecule has 2 heterocycles. The molecule has 2 fully saturated rings. The molecule has 0 spiro atoms. The van der Waals surface area contributed by atoms with Gasteiger partial charge in [-0.25, -0.2) is 10.9 Å². The largest absolute Gasteiger partial charge is 0.497 e. The van der Waals surface area contributed by atoms with Crippen LogP contribution in [0.2, 0.25) is 0 Å². The fourth-order valence-corrected chi connectivity index (χ4v) is 4.15. The minimum Gasteiger partial charge on any atom is -0.497 e. The summed E-state index contributed by atoms with van der Waals surface area (Å²) in [5, 5.41) is 0. The molecule has 4 rings (SSSR count). The first-order valence-corrected chi connectivity index (χ1v) is 10.5. The first-order chi connectivity index (χ1) is 14.7. The summed E-state index contributed by atoms with van der Waals surface area (Å²) in [4.78, 5) is 17.1. The third-order valence-electron chi connectivity index (χ3n) is 6.02. The van der Waals surface area contributed by atoms with Gasteiger partial charge < -0.3 is 14.4 Å². The molecule has 0 saturated carbocycles. The molecule has 2 aliphatic heterocycles. The highest BCUT2D eigenvalue weighted by molar-refractivity contribution is 5.79. The topological polar surface area (TPSA) is 66.1 Å². The Kier molecular flexibility index (Phi) is 6.52. The number of carbonyl (C=O) groups is 1. The van der Waals surface area contributed by atoms with Crippen LogP contribution in [0.25, 0.3) is 0 Å². The number of rotatable bonds is 6. The molecule has 0 bridgehead atoms. The molecule has 1 amide bonds. The third-order valence-corrected chi connectivity index (χ3v) is 6.02. The quantitative estimate of drug-likeness (QED) is 0.759. The summed E-state index contributed by atoms with van der Waals surface area (Å²) in [6, 6.07) is 16.2. The summed E-state index contributed by atoms with van der Waals surface area (Å²) in [5.74, 6) is 1.87. The van der Waals surface area contributed by atoms with Crippen LogP contribution in [-0.2, 0) is 11.2 Å². The molecule has 2 aromatic carbocycles. The first kappa shape index (κ1) is 20.7. The van der Waals surface area contributed by atoms with Crippen LogP contribution >= 0.6 is 0 Å². The Bertz CT molecular complexity index is 833. The molecule has 30 heavy (non-hydrogen) atoms.